The van der Waals surface area contributed by atoms with Crippen molar-refractivity contribution in [3.05, 3.63) is 34.3 Å². The Balaban J connectivity index is 2.51. The van der Waals surface area contributed by atoms with Crippen molar-refractivity contribution in [3.63, 3.8) is 0 Å². The van der Waals surface area contributed by atoms with Gasteiger partial charge in [0.2, 0.25) is 0 Å². The Morgan fingerprint density at radius 1 is 1.43 bits per heavy atom. The van der Waals surface area contributed by atoms with Crippen molar-refractivity contribution in [3.8, 4) is 0 Å². The molecule has 0 heterocycles. The van der Waals surface area contributed by atoms with Gasteiger partial charge >= 0.3 is 0 Å². The molecule has 14 heavy (non-hydrogen) atoms. The molecule has 78 valence electrons. The molecule has 0 aliphatic carbocycles. The molecule has 1 nitrogen and oxygen atoms in total. The first kappa shape index (κ1) is 11.7. The Hall–Kier alpha value is -0.410. The monoisotopic (exact) mass is 259 g/mol. The number of halogens is 2. The highest BCUT2D eigenvalue weighted by atomic mass is 79.9. The van der Waals surface area contributed by atoms with E-state index in [4.69, 9.17) is 0 Å². The van der Waals surface area contributed by atoms with Gasteiger partial charge in [0.1, 0.15) is 0 Å². The minimum Gasteiger partial charge on any atom is -0.310 e. The van der Waals surface area contributed by atoms with E-state index in [-0.39, 0.29) is 12.7 Å². The quantitative estimate of drug-likeness (QED) is 0.799. The van der Waals surface area contributed by atoms with Crippen LogP contribution in [0.1, 0.15) is 24.9 Å². The van der Waals surface area contributed by atoms with Crippen LogP contribution in [-0.2, 0) is 0 Å². The van der Waals surface area contributed by atoms with Crippen molar-refractivity contribution >= 4 is 15.9 Å². The minimum atomic E-state index is -0.254. The number of nitrogens with one attached hydrogen (secondary N) is 1. The molecule has 0 saturated heterocycles. The lowest BCUT2D eigenvalue weighted by atomic mass is 10.1. The minimum absolute atomic E-state index is 0.254. The maximum atomic E-state index is 11.9. The second-order valence-corrected chi connectivity index (χ2v) is 4.09. The van der Waals surface area contributed by atoms with E-state index in [1.54, 1.807) is 0 Å². The summed E-state index contributed by atoms with van der Waals surface area (Å²) in [7, 11) is 0. The molecule has 0 aliphatic rings. The summed E-state index contributed by atoms with van der Waals surface area (Å²) in [6, 6.07) is 8.34. The lowest BCUT2D eigenvalue weighted by Gasteiger charge is -2.15. The third kappa shape index (κ3) is 3.39. The molecular formula is C11H15BrFN. The highest BCUT2D eigenvalue weighted by Gasteiger charge is 2.06. The summed E-state index contributed by atoms with van der Waals surface area (Å²) in [5.74, 6) is 0. The molecule has 1 aromatic rings. The normalized spacial score (nSPS) is 12.8. The smallest absolute Gasteiger partial charge is 0.0906 e. The summed E-state index contributed by atoms with van der Waals surface area (Å²) >= 11 is 3.49. The van der Waals surface area contributed by atoms with Gasteiger partial charge in [0.05, 0.1) is 6.67 Å². The lowest BCUT2D eigenvalue weighted by Crippen LogP contribution is -2.20. The third-order valence-corrected chi connectivity index (χ3v) is 2.85. The van der Waals surface area contributed by atoms with Crippen LogP contribution in [0.5, 0.6) is 0 Å². The number of hydrogen-bond acceptors (Lipinski definition) is 1. The molecule has 0 radical (unpaired) electrons. The Morgan fingerprint density at radius 2 is 2.14 bits per heavy atom. The first-order valence-electron chi connectivity index (χ1n) is 4.79. The Morgan fingerprint density at radius 3 is 2.79 bits per heavy atom. The maximum absolute atomic E-state index is 11.9. The van der Waals surface area contributed by atoms with E-state index in [0.29, 0.717) is 6.42 Å². The van der Waals surface area contributed by atoms with Gasteiger partial charge in [-0.3, -0.25) is 4.39 Å². The summed E-state index contributed by atoms with van der Waals surface area (Å²) in [5, 5.41) is 3.27. The highest BCUT2D eigenvalue weighted by Crippen LogP contribution is 2.22. The number of alkyl halides is 1. The van der Waals surface area contributed by atoms with E-state index in [1.165, 1.54) is 5.56 Å². The Labute approximate surface area is 92.8 Å². The molecule has 3 heteroatoms. The molecule has 0 unspecified atom stereocenters. The second-order valence-electron chi connectivity index (χ2n) is 3.24. The fourth-order valence-corrected chi connectivity index (χ4v) is 1.95. The zero-order valence-corrected chi connectivity index (χ0v) is 9.85. The van der Waals surface area contributed by atoms with Gasteiger partial charge in [-0.25, -0.2) is 0 Å². The van der Waals surface area contributed by atoms with Crippen molar-refractivity contribution in [2.75, 3.05) is 13.2 Å². The van der Waals surface area contributed by atoms with Crippen LogP contribution in [0.2, 0.25) is 0 Å². The summed E-state index contributed by atoms with van der Waals surface area (Å²) in [4.78, 5) is 0. The van der Waals surface area contributed by atoms with Gasteiger partial charge < -0.3 is 5.32 Å². The van der Waals surface area contributed by atoms with Crippen LogP contribution in [0.15, 0.2) is 28.7 Å². The number of hydrogen-bond donors (Lipinski definition) is 1. The largest absolute Gasteiger partial charge is 0.310 e. The fraction of sp³-hybridized carbons (Fsp3) is 0.455. The standard InChI is InChI=1S/C11H15BrFN/c1-9(14-8-4-7-13)10-5-2-3-6-11(10)12/h2-3,5-6,9,14H,4,7-8H2,1H3/t9-/m0/s1. The molecule has 0 spiro atoms. The van der Waals surface area contributed by atoms with Crippen molar-refractivity contribution in [1.82, 2.24) is 5.32 Å². The van der Waals surface area contributed by atoms with Crippen LogP contribution in [0.4, 0.5) is 4.39 Å². The highest BCUT2D eigenvalue weighted by molar-refractivity contribution is 9.10. The van der Waals surface area contributed by atoms with Crippen molar-refractivity contribution in [1.29, 1.82) is 0 Å². The summed E-state index contributed by atoms with van der Waals surface area (Å²) in [6.45, 7) is 2.55. The zero-order valence-electron chi connectivity index (χ0n) is 8.26. The second kappa shape index (κ2) is 6.14. The van der Waals surface area contributed by atoms with Crippen LogP contribution in [0.3, 0.4) is 0 Å². The van der Waals surface area contributed by atoms with E-state index < -0.39 is 0 Å². The zero-order chi connectivity index (χ0) is 10.4. The molecule has 1 atom stereocenters. The number of rotatable bonds is 5. The van der Waals surface area contributed by atoms with Gasteiger partial charge in [0.15, 0.2) is 0 Å². The number of benzene rings is 1. The molecule has 0 aromatic heterocycles. The molecule has 1 aromatic carbocycles. The average Bonchev–Trinajstić information content (AvgIpc) is 2.18. The van der Waals surface area contributed by atoms with E-state index in [0.717, 1.165) is 11.0 Å². The van der Waals surface area contributed by atoms with Gasteiger partial charge in [0.25, 0.3) is 0 Å². The Bertz CT molecular complexity index is 278. The molecule has 0 bridgehead atoms. The molecular weight excluding hydrogens is 245 g/mol. The summed E-state index contributed by atoms with van der Waals surface area (Å²) in [6.07, 6.45) is 0.578. The van der Waals surface area contributed by atoms with E-state index in [9.17, 15) is 4.39 Å². The fourth-order valence-electron chi connectivity index (χ4n) is 1.32. The predicted octanol–water partition coefficient (Wildman–Crippen LogP) is 3.46. The molecule has 0 fully saturated rings. The maximum Gasteiger partial charge on any atom is 0.0906 e. The van der Waals surface area contributed by atoms with Gasteiger partial charge in [-0.1, -0.05) is 34.1 Å². The Kier molecular flexibility index (Phi) is 5.12. The van der Waals surface area contributed by atoms with Crippen LogP contribution in [-0.4, -0.2) is 13.2 Å². The first-order valence-corrected chi connectivity index (χ1v) is 5.58. The van der Waals surface area contributed by atoms with Crippen LogP contribution in [0.25, 0.3) is 0 Å². The van der Waals surface area contributed by atoms with E-state index in [1.807, 2.05) is 18.2 Å². The molecule has 0 amide bonds. The van der Waals surface area contributed by atoms with Crippen LogP contribution < -0.4 is 5.32 Å². The van der Waals surface area contributed by atoms with Gasteiger partial charge in [-0.15, -0.1) is 0 Å². The summed E-state index contributed by atoms with van der Waals surface area (Å²) in [5.41, 5.74) is 1.21. The molecule has 1 rings (SSSR count). The van der Waals surface area contributed by atoms with Crippen molar-refractivity contribution < 1.29 is 4.39 Å². The van der Waals surface area contributed by atoms with Gasteiger partial charge in [-0.05, 0) is 31.5 Å². The topological polar surface area (TPSA) is 12.0 Å². The molecule has 1 N–H and O–H groups in total. The molecule has 0 aliphatic heterocycles. The van der Waals surface area contributed by atoms with E-state index >= 15 is 0 Å². The average molecular weight is 260 g/mol. The SMILES string of the molecule is C[C@H](NCCCF)c1ccccc1Br. The van der Waals surface area contributed by atoms with Gasteiger partial charge in [0, 0.05) is 10.5 Å². The van der Waals surface area contributed by atoms with Crippen LogP contribution >= 0.6 is 15.9 Å². The first-order chi connectivity index (χ1) is 6.75. The summed E-state index contributed by atoms with van der Waals surface area (Å²) < 4.78 is 13.0. The van der Waals surface area contributed by atoms with Gasteiger partial charge in [-0.2, -0.15) is 0 Å². The molecule has 0 saturated carbocycles. The van der Waals surface area contributed by atoms with Crippen molar-refractivity contribution in [2.24, 2.45) is 0 Å². The van der Waals surface area contributed by atoms with E-state index in [2.05, 4.69) is 34.2 Å². The lowest BCUT2D eigenvalue weighted by molar-refractivity contribution is 0.445. The predicted molar refractivity (Wildman–Crippen MR) is 61.2 cm³/mol. The van der Waals surface area contributed by atoms with Crippen LogP contribution in [0, 0.1) is 0 Å². The third-order valence-electron chi connectivity index (χ3n) is 2.13. The van der Waals surface area contributed by atoms with Crippen molar-refractivity contribution in [2.45, 2.75) is 19.4 Å².